The third kappa shape index (κ3) is 3.76. The molecule has 4 nitrogen and oxygen atoms in total. The van der Waals surface area contributed by atoms with Crippen LogP contribution in [-0.2, 0) is 9.53 Å². The molecular weight excluding hydrogens is 361 g/mol. The van der Waals surface area contributed by atoms with Crippen molar-refractivity contribution in [1.82, 2.24) is 0 Å². The van der Waals surface area contributed by atoms with E-state index in [9.17, 15) is 4.79 Å². The summed E-state index contributed by atoms with van der Waals surface area (Å²) in [5.41, 5.74) is 1.53. The highest BCUT2D eigenvalue weighted by Gasteiger charge is 2.25. The molecule has 0 N–H and O–H groups in total. The van der Waals surface area contributed by atoms with Crippen LogP contribution in [0.1, 0.15) is 11.1 Å². The number of rotatable bonds is 4. The van der Waals surface area contributed by atoms with Crippen molar-refractivity contribution in [1.29, 1.82) is 0 Å². The van der Waals surface area contributed by atoms with E-state index in [1.807, 2.05) is 30.3 Å². The Morgan fingerprint density at radius 2 is 1.92 bits per heavy atom. The van der Waals surface area contributed by atoms with Crippen molar-refractivity contribution in [2.75, 3.05) is 7.11 Å². The van der Waals surface area contributed by atoms with Gasteiger partial charge in [-0.25, -0.2) is 9.79 Å². The number of hydrogen-bond acceptors (Lipinski definition) is 4. The Morgan fingerprint density at radius 1 is 1.12 bits per heavy atom. The molecule has 25 heavy (non-hydrogen) atoms. The number of cyclic esters (lactones) is 1. The molecule has 1 aliphatic heterocycles. The number of allylic oxidation sites excluding steroid dienone is 2. The van der Waals surface area contributed by atoms with Crippen molar-refractivity contribution in [2.45, 2.75) is 0 Å². The highest BCUT2D eigenvalue weighted by atomic mass is 35.5. The predicted octanol–water partition coefficient (Wildman–Crippen LogP) is 4.90. The third-order valence-corrected chi connectivity index (χ3v) is 4.29. The lowest BCUT2D eigenvalue weighted by Gasteiger charge is -2.03. The molecule has 0 unspecified atom stereocenters. The van der Waals surface area contributed by atoms with E-state index in [4.69, 9.17) is 32.7 Å². The van der Waals surface area contributed by atoms with Gasteiger partial charge in [-0.3, -0.25) is 0 Å². The Morgan fingerprint density at radius 3 is 2.72 bits per heavy atom. The van der Waals surface area contributed by atoms with Crippen LogP contribution in [0.15, 0.2) is 65.3 Å². The largest absolute Gasteiger partial charge is 0.496 e. The molecule has 2 aromatic rings. The number of nitrogens with zero attached hydrogens (tertiary/aromatic N) is 1. The van der Waals surface area contributed by atoms with Gasteiger partial charge in [0.1, 0.15) is 5.75 Å². The zero-order chi connectivity index (χ0) is 17.8. The van der Waals surface area contributed by atoms with Crippen LogP contribution in [0.4, 0.5) is 0 Å². The number of benzene rings is 2. The maximum Gasteiger partial charge on any atom is 0.363 e. The van der Waals surface area contributed by atoms with Crippen molar-refractivity contribution >= 4 is 41.1 Å². The van der Waals surface area contributed by atoms with E-state index in [1.165, 1.54) is 0 Å². The van der Waals surface area contributed by atoms with E-state index in [0.717, 1.165) is 11.3 Å². The maximum atomic E-state index is 12.0. The van der Waals surface area contributed by atoms with Crippen LogP contribution < -0.4 is 4.74 Å². The van der Waals surface area contributed by atoms with Gasteiger partial charge in [0.05, 0.1) is 22.7 Å². The normalized spacial score (nSPS) is 15.6. The van der Waals surface area contributed by atoms with Gasteiger partial charge in [0.25, 0.3) is 0 Å². The van der Waals surface area contributed by atoms with Gasteiger partial charge in [0.2, 0.25) is 5.90 Å². The fourth-order valence-electron chi connectivity index (χ4n) is 2.25. The lowest BCUT2D eigenvalue weighted by Crippen LogP contribution is -2.06. The van der Waals surface area contributed by atoms with E-state index in [2.05, 4.69) is 4.99 Å². The minimum atomic E-state index is -0.546. The number of para-hydroxylation sites is 1. The monoisotopic (exact) mass is 373 g/mol. The number of aliphatic imine (C=N–C) groups is 1. The van der Waals surface area contributed by atoms with Gasteiger partial charge < -0.3 is 9.47 Å². The van der Waals surface area contributed by atoms with Gasteiger partial charge in [-0.05, 0) is 24.3 Å². The third-order valence-electron chi connectivity index (χ3n) is 3.47. The molecule has 0 saturated heterocycles. The second-order valence-corrected chi connectivity index (χ2v) is 5.85. The molecule has 0 bridgehead atoms. The molecule has 0 spiro atoms. The van der Waals surface area contributed by atoms with Crippen molar-refractivity contribution in [2.24, 2.45) is 4.99 Å². The van der Waals surface area contributed by atoms with E-state index < -0.39 is 5.97 Å². The summed E-state index contributed by atoms with van der Waals surface area (Å²) in [6.07, 6.45) is 5.10. The summed E-state index contributed by atoms with van der Waals surface area (Å²) in [5, 5.41) is 0.660. The van der Waals surface area contributed by atoms with Crippen LogP contribution in [0, 0.1) is 0 Å². The zero-order valence-electron chi connectivity index (χ0n) is 13.2. The summed E-state index contributed by atoms with van der Waals surface area (Å²) < 4.78 is 10.5. The molecule has 2 aromatic carbocycles. The van der Waals surface area contributed by atoms with Crippen molar-refractivity contribution in [3.8, 4) is 5.75 Å². The molecule has 0 fully saturated rings. The average Bonchev–Trinajstić information content (AvgIpc) is 2.98. The second-order valence-electron chi connectivity index (χ2n) is 5.06. The standard InChI is InChI=1S/C19H13Cl2NO3/c1-24-16-11-3-2-6-12(16)7-4-10-15-19(23)25-18(22-15)13-8-5-9-14(20)17(13)21/h2-11H,1H3/b7-4+,15-10+. The number of esters is 1. The van der Waals surface area contributed by atoms with Crippen molar-refractivity contribution in [3.63, 3.8) is 0 Å². The Kier molecular flexibility index (Phi) is 5.22. The first-order valence-corrected chi connectivity index (χ1v) is 8.12. The molecule has 0 amide bonds. The summed E-state index contributed by atoms with van der Waals surface area (Å²) in [7, 11) is 1.60. The molecule has 0 aliphatic carbocycles. The highest BCUT2D eigenvalue weighted by Crippen LogP contribution is 2.28. The molecule has 126 valence electrons. The Hall–Kier alpha value is -2.56. The van der Waals surface area contributed by atoms with Gasteiger partial charge in [-0.2, -0.15) is 0 Å². The first-order valence-electron chi connectivity index (χ1n) is 7.37. The SMILES string of the molecule is COc1ccccc1/C=C/C=C1/N=C(c2cccc(Cl)c2Cl)OC1=O. The van der Waals surface area contributed by atoms with Gasteiger partial charge >= 0.3 is 5.97 Å². The van der Waals surface area contributed by atoms with Gasteiger partial charge in [-0.15, -0.1) is 0 Å². The number of carbonyl (C=O) groups is 1. The molecular formula is C19H13Cl2NO3. The lowest BCUT2D eigenvalue weighted by molar-refractivity contribution is -0.130. The number of ether oxygens (including phenoxy) is 2. The molecule has 0 radical (unpaired) electrons. The van der Waals surface area contributed by atoms with Crippen LogP contribution in [-0.4, -0.2) is 19.0 Å². The average molecular weight is 374 g/mol. The number of carbonyl (C=O) groups excluding carboxylic acids is 1. The summed E-state index contributed by atoms with van der Waals surface area (Å²) in [6, 6.07) is 12.6. The van der Waals surface area contributed by atoms with Crippen molar-refractivity contribution in [3.05, 3.63) is 81.5 Å². The summed E-state index contributed by atoms with van der Waals surface area (Å²) in [6.45, 7) is 0. The summed E-state index contributed by atoms with van der Waals surface area (Å²) in [5.74, 6) is 0.325. The smallest absolute Gasteiger partial charge is 0.363 e. The minimum Gasteiger partial charge on any atom is -0.496 e. The van der Waals surface area contributed by atoms with Crippen LogP contribution in [0.3, 0.4) is 0 Å². The Bertz CT molecular complexity index is 917. The molecule has 0 saturated carbocycles. The quantitative estimate of drug-likeness (QED) is 0.565. The highest BCUT2D eigenvalue weighted by molar-refractivity contribution is 6.44. The number of methoxy groups -OCH3 is 1. The minimum absolute atomic E-state index is 0.134. The number of hydrogen-bond donors (Lipinski definition) is 0. The molecule has 0 atom stereocenters. The second kappa shape index (κ2) is 7.55. The summed E-state index contributed by atoms with van der Waals surface area (Å²) >= 11 is 12.1. The Labute approximate surface area is 155 Å². The topological polar surface area (TPSA) is 47.9 Å². The van der Waals surface area contributed by atoms with Crippen LogP contribution in [0.5, 0.6) is 5.75 Å². The first kappa shape index (κ1) is 17.3. The fourth-order valence-corrected chi connectivity index (χ4v) is 2.64. The molecule has 3 rings (SSSR count). The lowest BCUT2D eigenvalue weighted by atomic mass is 10.2. The fraction of sp³-hybridized carbons (Fsp3) is 0.0526. The van der Waals surface area contributed by atoms with Gasteiger partial charge in [0, 0.05) is 5.56 Å². The first-order chi connectivity index (χ1) is 12.1. The van der Waals surface area contributed by atoms with E-state index >= 15 is 0 Å². The van der Waals surface area contributed by atoms with Crippen LogP contribution >= 0.6 is 23.2 Å². The van der Waals surface area contributed by atoms with Crippen LogP contribution in [0.2, 0.25) is 10.0 Å². The van der Waals surface area contributed by atoms with Gasteiger partial charge in [-0.1, -0.05) is 59.6 Å². The molecule has 1 aliphatic rings. The van der Waals surface area contributed by atoms with Crippen LogP contribution in [0.25, 0.3) is 6.08 Å². The zero-order valence-corrected chi connectivity index (χ0v) is 14.7. The number of halogens is 2. The maximum absolute atomic E-state index is 12.0. The molecule has 0 aromatic heterocycles. The summed E-state index contributed by atoms with van der Waals surface area (Å²) in [4.78, 5) is 16.2. The van der Waals surface area contributed by atoms with Crippen molar-refractivity contribution < 1.29 is 14.3 Å². The molecule has 6 heteroatoms. The van der Waals surface area contributed by atoms with E-state index in [0.29, 0.717) is 15.6 Å². The predicted molar refractivity (Wildman–Crippen MR) is 99.2 cm³/mol. The molecule has 1 heterocycles. The van der Waals surface area contributed by atoms with Gasteiger partial charge in [0.15, 0.2) is 5.70 Å². The van der Waals surface area contributed by atoms with E-state index in [1.54, 1.807) is 37.5 Å². The Balaban J connectivity index is 1.86. The van der Waals surface area contributed by atoms with E-state index in [-0.39, 0.29) is 11.6 Å².